The van der Waals surface area contributed by atoms with Gasteiger partial charge in [-0.2, -0.15) is 6.08 Å². The number of aromatic nitrogens is 1. The summed E-state index contributed by atoms with van der Waals surface area (Å²) in [4.78, 5) is 2.99. The van der Waals surface area contributed by atoms with E-state index >= 15 is 0 Å². The second-order valence-electron chi connectivity index (χ2n) is 4.31. The van der Waals surface area contributed by atoms with Crippen LogP contribution >= 0.6 is 15.9 Å². The van der Waals surface area contributed by atoms with Gasteiger partial charge in [0.15, 0.2) is 0 Å². The van der Waals surface area contributed by atoms with Gasteiger partial charge in [-0.05, 0) is 0 Å². The Morgan fingerprint density at radius 2 is 1.91 bits per heavy atom. The molecule has 22 heavy (non-hydrogen) atoms. The molecule has 5 heteroatoms. The summed E-state index contributed by atoms with van der Waals surface area (Å²) in [6.07, 6.45) is 15.1. The molecule has 1 nitrogen and oxygen atoms in total. The zero-order valence-corrected chi connectivity index (χ0v) is 17.1. The van der Waals surface area contributed by atoms with Gasteiger partial charge in [-0.25, -0.2) is 12.2 Å². The average molecular weight is 472 g/mol. The maximum absolute atomic E-state index is 3.47. The predicted molar refractivity (Wildman–Crippen MR) is 83.0 cm³/mol. The molecule has 0 amide bonds. The Kier molecular flexibility index (Phi) is 10.3. The molecule has 2 aliphatic carbocycles. The van der Waals surface area contributed by atoms with Crippen LogP contribution in [0.2, 0.25) is 0 Å². The van der Waals surface area contributed by atoms with Gasteiger partial charge in [0.1, 0.15) is 0 Å². The van der Waals surface area contributed by atoms with Crippen molar-refractivity contribution in [3.05, 3.63) is 71.5 Å². The minimum atomic E-state index is 0. The SMILES string of the molecule is Brc1ccc2c3[c-][nH]ccc-3cc2c1.[C-]1=CC=CC1.[Cl-].[Cl-].[Zr+4]. The zero-order chi connectivity index (χ0) is 13.1. The van der Waals surface area contributed by atoms with E-state index in [-0.39, 0.29) is 51.0 Å². The van der Waals surface area contributed by atoms with Gasteiger partial charge in [0.05, 0.1) is 0 Å². The van der Waals surface area contributed by atoms with E-state index in [1.807, 2.05) is 18.3 Å². The molecule has 1 aromatic carbocycles. The second kappa shape index (κ2) is 10.4. The van der Waals surface area contributed by atoms with E-state index in [1.165, 1.54) is 16.3 Å². The standard InChI is InChI=1S/C12H7BrN.C5H5.2ClH.Zr/c13-10-1-2-11-9(6-10)5-8-3-4-14-7-12(8)11;1-2-4-5-3-1;;;/h1-6,14H;1-3H,4H2;2*1H;/q2*-1;;;+4/p-2. The molecule has 4 rings (SSSR count). The summed E-state index contributed by atoms with van der Waals surface area (Å²) >= 11 is 3.47. The quantitative estimate of drug-likeness (QED) is 0.411. The molecule has 1 N–H and O–H groups in total. The molecule has 0 atom stereocenters. The summed E-state index contributed by atoms with van der Waals surface area (Å²) in [5.74, 6) is 0. The topological polar surface area (TPSA) is 15.8 Å². The molecule has 0 aromatic heterocycles. The van der Waals surface area contributed by atoms with Gasteiger partial charge in [-0.3, -0.25) is 6.08 Å². The van der Waals surface area contributed by atoms with Gasteiger partial charge in [0.25, 0.3) is 0 Å². The summed E-state index contributed by atoms with van der Waals surface area (Å²) in [7, 11) is 0. The minimum absolute atomic E-state index is 0. The van der Waals surface area contributed by atoms with Crippen molar-refractivity contribution < 1.29 is 51.0 Å². The Morgan fingerprint density at radius 3 is 2.55 bits per heavy atom. The van der Waals surface area contributed by atoms with Gasteiger partial charge < -0.3 is 29.8 Å². The van der Waals surface area contributed by atoms with E-state index in [9.17, 15) is 0 Å². The van der Waals surface area contributed by atoms with Crippen LogP contribution in [0.3, 0.4) is 0 Å². The number of H-pyrrole nitrogens is 1. The van der Waals surface area contributed by atoms with Gasteiger partial charge in [0.2, 0.25) is 0 Å². The fraction of sp³-hybridized carbons (Fsp3) is 0.0588. The number of nitrogens with one attached hydrogen (secondary N) is 1. The van der Waals surface area contributed by atoms with Gasteiger partial charge in [0, 0.05) is 4.47 Å². The van der Waals surface area contributed by atoms with E-state index in [2.05, 4.69) is 69.6 Å². The van der Waals surface area contributed by atoms with E-state index in [4.69, 9.17) is 0 Å². The van der Waals surface area contributed by atoms with Crippen LogP contribution in [0.1, 0.15) is 6.42 Å². The summed E-state index contributed by atoms with van der Waals surface area (Å²) in [6.45, 7) is 0. The normalized spacial score (nSPS) is 11.1. The number of hydrogen-bond acceptors (Lipinski definition) is 0. The number of allylic oxidation sites excluding steroid dienone is 4. The fourth-order valence-corrected chi connectivity index (χ4v) is 2.51. The monoisotopic (exact) mass is 469 g/mol. The zero-order valence-electron chi connectivity index (χ0n) is 11.5. The molecule has 0 bridgehead atoms. The first-order valence-electron chi connectivity index (χ1n) is 6.13. The Hall–Kier alpha value is -0.337. The van der Waals surface area contributed by atoms with Crippen molar-refractivity contribution in [3.8, 4) is 11.1 Å². The van der Waals surface area contributed by atoms with E-state index in [1.54, 1.807) is 0 Å². The summed E-state index contributed by atoms with van der Waals surface area (Å²) in [5, 5.41) is 2.50. The van der Waals surface area contributed by atoms with Crippen molar-refractivity contribution in [2.75, 3.05) is 0 Å². The van der Waals surface area contributed by atoms with Crippen molar-refractivity contribution in [3.63, 3.8) is 0 Å². The summed E-state index contributed by atoms with van der Waals surface area (Å²) < 4.78 is 1.12. The number of rotatable bonds is 0. The average Bonchev–Trinajstić information content (AvgIpc) is 3.09. The Labute approximate surface area is 170 Å². The van der Waals surface area contributed by atoms with Crippen LogP contribution in [0.25, 0.3) is 21.9 Å². The third kappa shape index (κ3) is 5.10. The van der Waals surface area contributed by atoms with Crippen LogP contribution in [-0.2, 0) is 26.2 Å². The van der Waals surface area contributed by atoms with Crippen LogP contribution < -0.4 is 24.8 Å². The van der Waals surface area contributed by atoms with E-state index in [0.717, 1.165) is 16.5 Å². The number of fused-ring (bicyclic) bond motifs is 3. The molecule has 1 heterocycles. The van der Waals surface area contributed by atoms with Crippen molar-refractivity contribution in [2.45, 2.75) is 6.42 Å². The molecule has 1 aliphatic heterocycles. The number of benzene rings is 1. The first-order valence-corrected chi connectivity index (χ1v) is 6.93. The Balaban J connectivity index is 0.000000482. The van der Waals surface area contributed by atoms with Gasteiger partial charge >= 0.3 is 26.2 Å². The largest absolute Gasteiger partial charge is 4.00 e. The number of aromatic amines is 1. The summed E-state index contributed by atoms with van der Waals surface area (Å²) in [5.41, 5.74) is 2.40. The molecule has 0 saturated carbocycles. The molecule has 110 valence electrons. The third-order valence-corrected chi connectivity index (χ3v) is 3.51. The second-order valence-corrected chi connectivity index (χ2v) is 5.23. The maximum Gasteiger partial charge on any atom is 4.00 e. The molecule has 1 aromatic rings. The van der Waals surface area contributed by atoms with Crippen molar-refractivity contribution in [1.29, 1.82) is 0 Å². The molecule has 0 fully saturated rings. The Morgan fingerprint density at radius 1 is 1.09 bits per heavy atom. The molecule has 0 spiro atoms. The maximum atomic E-state index is 3.47. The van der Waals surface area contributed by atoms with E-state index in [0.29, 0.717) is 0 Å². The molecule has 3 aliphatic rings. The third-order valence-electron chi connectivity index (χ3n) is 3.01. The number of pyridine rings is 1. The van der Waals surface area contributed by atoms with Crippen LogP contribution in [0, 0.1) is 12.3 Å². The van der Waals surface area contributed by atoms with Gasteiger partial charge in [-0.15, -0.1) is 23.6 Å². The van der Waals surface area contributed by atoms with Crippen molar-refractivity contribution in [2.24, 2.45) is 0 Å². The molecule has 0 unspecified atom stereocenters. The van der Waals surface area contributed by atoms with E-state index < -0.39 is 0 Å². The smallest absolute Gasteiger partial charge is 1.00 e. The van der Waals surface area contributed by atoms with Crippen LogP contribution in [0.5, 0.6) is 0 Å². The first-order chi connectivity index (χ1) is 9.34. The minimum Gasteiger partial charge on any atom is -1.00 e. The first kappa shape index (κ1) is 21.7. The Bertz CT molecular complexity index is 727. The molecular weight excluding hydrogens is 460 g/mol. The molecule has 0 radical (unpaired) electrons. The molecular formula is C17H12BrCl2NZr. The van der Waals surface area contributed by atoms with Gasteiger partial charge in [-0.1, -0.05) is 63.4 Å². The van der Waals surface area contributed by atoms with Crippen molar-refractivity contribution in [1.82, 2.24) is 4.98 Å². The number of halogens is 3. The fourth-order valence-electron chi connectivity index (χ4n) is 2.13. The van der Waals surface area contributed by atoms with Crippen LogP contribution in [-0.4, -0.2) is 4.98 Å². The summed E-state index contributed by atoms with van der Waals surface area (Å²) in [6, 6.07) is 10.6. The van der Waals surface area contributed by atoms with Crippen molar-refractivity contribution >= 4 is 26.7 Å². The predicted octanol–water partition coefficient (Wildman–Crippen LogP) is -0.853. The number of hydrogen-bond donors (Lipinski definition) is 1. The van der Waals surface area contributed by atoms with Crippen LogP contribution in [0.4, 0.5) is 0 Å². The molecule has 0 saturated heterocycles. The van der Waals surface area contributed by atoms with Crippen LogP contribution in [0.15, 0.2) is 59.2 Å².